The van der Waals surface area contributed by atoms with E-state index in [4.69, 9.17) is 13.9 Å². The summed E-state index contributed by atoms with van der Waals surface area (Å²) in [6, 6.07) is 8.24. The molecule has 0 radical (unpaired) electrons. The first kappa shape index (κ1) is 21.5. The van der Waals surface area contributed by atoms with Gasteiger partial charge < -0.3 is 24.1 Å². The lowest BCUT2D eigenvalue weighted by molar-refractivity contribution is 0.203. The molecule has 172 valence electrons. The Morgan fingerprint density at radius 2 is 1.97 bits per heavy atom. The zero-order valence-corrected chi connectivity index (χ0v) is 18.6. The third-order valence-corrected chi connectivity index (χ3v) is 6.01. The second-order valence-electron chi connectivity index (χ2n) is 8.26. The number of hydrogen-bond donors (Lipinski definition) is 1. The molecular formula is C25H27FN4O3. The number of hydrogen-bond acceptors (Lipinski definition) is 7. The smallest absolute Gasteiger partial charge is 0.163 e. The van der Waals surface area contributed by atoms with Gasteiger partial charge in [-0.2, -0.15) is 0 Å². The van der Waals surface area contributed by atoms with Crippen molar-refractivity contribution < 1.29 is 18.3 Å². The number of anilines is 2. The van der Waals surface area contributed by atoms with Gasteiger partial charge in [0.05, 0.1) is 31.2 Å². The SMILES string of the molecule is COc1cc2c(Nc3cc(F)cc4ccoc34)ncnc2cc1OCCCN1CCCCC1. The van der Waals surface area contributed by atoms with Crippen LogP contribution in [0, 0.1) is 5.82 Å². The van der Waals surface area contributed by atoms with Crippen molar-refractivity contribution in [3.05, 3.63) is 48.7 Å². The van der Waals surface area contributed by atoms with Gasteiger partial charge in [-0.1, -0.05) is 6.42 Å². The lowest BCUT2D eigenvalue weighted by atomic mass is 10.1. The zero-order valence-electron chi connectivity index (χ0n) is 18.6. The Labute approximate surface area is 191 Å². The summed E-state index contributed by atoms with van der Waals surface area (Å²) >= 11 is 0. The molecule has 8 heteroatoms. The number of nitrogens with zero attached hydrogens (tertiary/aromatic N) is 3. The topological polar surface area (TPSA) is 72.6 Å². The van der Waals surface area contributed by atoms with Crippen LogP contribution in [-0.4, -0.2) is 48.2 Å². The van der Waals surface area contributed by atoms with Crippen molar-refractivity contribution >= 4 is 33.4 Å². The van der Waals surface area contributed by atoms with Crippen LogP contribution in [0.5, 0.6) is 11.5 Å². The van der Waals surface area contributed by atoms with E-state index in [9.17, 15) is 4.39 Å². The Balaban J connectivity index is 1.36. The lowest BCUT2D eigenvalue weighted by Gasteiger charge is -2.26. The first-order valence-electron chi connectivity index (χ1n) is 11.3. The third-order valence-electron chi connectivity index (χ3n) is 6.01. The Hall–Kier alpha value is -3.39. The largest absolute Gasteiger partial charge is 0.493 e. The highest BCUT2D eigenvalue weighted by atomic mass is 19.1. The summed E-state index contributed by atoms with van der Waals surface area (Å²) in [4.78, 5) is 11.3. The van der Waals surface area contributed by atoms with Crippen molar-refractivity contribution in [3.63, 3.8) is 0 Å². The second-order valence-corrected chi connectivity index (χ2v) is 8.26. The average molecular weight is 451 g/mol. The van der Waals surface area contributed by atoms with Gasteiger partial charge in [0, 0.05) is 29.4 Å². The summed E-state index contributed by atoms with van der Waals surface area (Å²) in [6.45, 7) is 4.01. The van der Waals surface area contributed by atoms with E-state index in [2.05, 4.69) is 20.2 Å². The minimum atomic E-state index is -0.359. The molecule has 3 heterocycles. The molecule has 0 atom stereocenters. The molecule has 0 spiro atoms. The maximum Gasteiger partial charge on any atom is 0.163 e. The molecule has 2 aromatic carbocycles. The van der Waals surface area contributed by atoms with Gasteiger partial charge in [-0.05, 0) is 50.6 Å². The molecule has 1 fully saturated rings. The normalized spacial score (nSPS) is 14.6. The fraction of sp³-hybridized carbons (Fsp3) is 0.360. The highest BCUT2D eigenvalue weighted by molar-refractivity contribution is 5.97. The summed E-state index contributed by atoms with van der Waals surface area (Å²) in [5.74, 6) is 1.41. The first-order chi connectivity index (χ1) is 16.2. The number of halogens is 1. The molecule has 0 amide bonds. The van der Waals surface area contributed by atoms with Crippen LogP contribution in [0.4, 0.5) is 15.9 Å². The van der Waals surface area contributed by atoms with Gasteiger partial charge >= 0.3 is 0 Å². The molecule has 7 nitrogen and oxygen atoms in total. The molecule has 1 saturated heterocycles. The van der Waals surface area contributed by atoms with Crippen LogP contribution in [-0.2, 0) is 0 Å². The Kier molecular flexibility index (Phi) is 6.26. The highest BCUT2D eigenvalue weighted by Gasteiger charge is 2.15. The fourth-order valence-electron chi connectivity index (χ4n) is 4.36. The van der Waals surface area contributed by atoms with Crippen LogP contribution in [0.2, 0.25) is 0 Å². The van der Waals surface area contributed by atoms with Crippen LogP contribution in [0.25, 0.3) is 21.9 Å². The quantitative estimate of drug-likeness (QED) is 0.354. The van der Waals surface area contributed by atoms with Crippen molar-refractivity contribution in [2.24, 2.45) is 0 Å². The highest BCUT2D eigenvalue weighted by Crippen LogP contribution is 2.36. The van der Waals surface area contributed by atoms with Crippen LogP contribution in [0.3, 0.4) is 0 Å². The van der Waals surface area contributed by atoms with E-state index in [1.54, 1.807) is 13.2 Å². The molecule has 1 aliphatic heterocycles. The second kappa shape index (κ2) is 9.62. The maximum absolute atomic E-state index is 14.1. The molecule has 0 bridgehead atoms. The van der Waals surface area contributed by atoms with Crippen LogP contribution in [0.1, 0.15) is 25.7 Å². The molecule has 4 aromatic rings. The van der Waals surface area contributed by atoms with E-state index in [-0.39, 0.29) is 5.82 Å². The van der Waals surface area contributed by atoms with E-state index in [0.29, 0.717) is 46.1 Å². The van der Waals surface area contributed by atoms with E-state index >= 15 is 0 Å². The molecule has 0 aliphatic carbocycles. The van der Waals surface area contributed by atoms with Crippen molar-refractivity contribution in [3.8, 4) is 11.5 Å². The minimum Gasteiger partial charge on any atom is -0.493 e. The van der Waals surface area contributed by atoms with Gasteiger partial charge in [0.2, 0.25) is 0 Å². The predicted octanol–water partition coefficient (Wildman–Crippen LogP) is 5.52. The van der Waals surface area contributed by atoms with E-state index in [1.807, 2.05) is 12.1 Å². The molecule has 5 rings (SSSR count). The number of nitrogens with one attached hydrogen (secondary N) is 1. The fourth-order valence-corrected chi connectivity index (χ4v) is 4.36. The molecule has 1 N–H and O–H groups in total. The van der Waals surface area contributed by atoms with Gasteiger partial charge in [0.25, 0.3) is 0 Å². The first-order valence-corrected chi connectivity index (χ1v) is 11.3. The molecular weight excluding hydrogens is 423 g/mol. The predicted molar refractivity (Wildman–Crippen MR) is 126 cm³/mol. The number of likely N-dealkylation sites (tertiary alicyclic amines) is 1. The van der Waals surface area contributed by atoms with Crippen molar-refractivity contribution in [1.29, 1.82) is 0 Å². The van der Waals surface area contributed by atoms with Crippen LogP contribution < -0.4 is 14.8 Å². The monoisotopic (exact) mass is 450 g/mol. The maximum atomic E-state index is 14.1. The molecule has 1 aliphatic rings. The Morgan fingerprint density at radius 1 is 1.09 bits per heavy atom. The van der Waals surface area contributed by atoms with Crippen molar-refractivity contribution in [2.45, 2.75) is 25.7 Å². The number of methoxy groups -OCH3 is 1. The number of rotatable bonds is 8. The van der Waals surface area contributed by atoms with Crippen molar-refractivity contribution in [2.75, 3.05) is 38.7 Å². The number of ether oxygens (including phenoxy) is 2. The molecule has 0 unspecified atom stereocenters. The summed E-state index contributed by atoms with van der Waals surface area (Å²) in [5, 5.41) is 4.60. The van der Waals surface area contributed by atoms with Gasteiger partial charge in [0.15, 0.2) is 17.1 Å². The number of benzene rings is 2. The van der Waals surface area contributed by atoms with Gasteiger partial charge in [0.1, 0.15) is 18.0 Å². The minimum absolute atomic E-state index is 0.359. The zero-order chi connectivity index (χ0) is 22.6. The van der Waals surface area contributed by atoms with Gasteiger partial charge in [-0.15, -0.1) is 0 Å². The molecule has 2 aromatic heterocycles. The lowest BCUT2D eigenvalue weighted by Crippen LogP contribution is -2.31. The van der Waals surface area contributed by atoms with E-state index in [0.717, 1.165) is 18.4 Å². The third kappa shape index (κ3) is 4.71. The Bertz CT molecular complexity index is 1250. The number of fused-ring (bicyclic) bond motifs is 2. The average Bonchev–Trinajstić information content (AvgIpc) is 3.31. The summed E-state index contributed by atoms with van der Waals surface area (Å²) in [7, 11) is 1.61. The van der Waals surface area contributed by atoms with Crippen LogP contribution in [0.15, 0.2) is 47.3 Å². The molecule has 33 heavy (non-hydrogen) atoms. The standard InChI is InChI=1S/C25H27FN4O3/c1-31-22-14-19-20(15-23(22)32-10-5-9-30-7-3-2-4-8-30)27-16-28-25(19)29-21-13-18(26)12-17-6-11-33-24(17)21/h6,11-16H,2-5,7-10H2,1H3,(H,27,28,29). The van der Waals surface area contributed by atoms with E-state index in [1.165, 1.54) is 57.1 Å². The summed E-state index contributed by atoms with van der Waals surface area (Å²) < 4.78 is 31.2. The van der Waals surface area contributed by atoms with Gasteiger partial charge in [-0.25, -0.2) is 14.4 Å². The number of furan rings is 1. The summed E-state index contributed by atoms with van der Waals surface area (Å²) in [6.07, 6.45) is 7.87. The summed E-state index contributed by atoms with van der Waals surface area (Å²) in [5.41, 5.74) is 1.75. The molecule has 0 saturated carbocycles. The Morgan fingerprint density at radius 3 is 2.82 bits per heavy atom. The van der Waals surface area contributed by atoms with Crippen molar-refractivity contribution in [1.82, 2.24) is 14.9 Å². The number of aromatic nitrogens is 2. The van der Waals surface area contributed by atoms with E-state index < -0.39 is 0 Å². The van der Waals surface area contributed by atoms with Crippen LogP contribution >= 0.6 is 0 Å². The number of piperidine rings is 1. The van der Waals surface area contributed by atoms with Gasteiger partial charge in [-0.3, -0.25) is 0 Å².